The van der Waals surface area contributed by atoms with Crippen LogP contribution in [0.15, 0.2) is 0 Å². The molecule has 0 unspecified atom stereocenters. The van der Waals surface area contributed by atoms with Gasteiger partial charge in [-0.2, -0.15) is 0 Å². The molecular formula is C16H31BrO2. The van der Waals surface area contributed by atoms with Gasteiger partial charge in [0.05, 0.1) is 0 Å². The fourth-order valence-electron chi connectivity index (χ4n) is 1.69. The molecule has 19 heavy (non-hydrogen) atoms. The first-order valence-electron chi connectivity index (χ1n) is 7.76. The predicted octanol–water partition coefficient (Wildman–Crippen LogP) is 5.47. The van der Waals surface area contributed by atoms with Crippen LogP contribution in [0.5, 0.6) is 0 Å². The second kappa shape index (κ2) is 23.0. The van der Waals surface area contributed by atoms with E-state index in [1.165, 1.54) is 63.1 Å². The lowest BCUT2D eigenvalue weighted by atomic mass is 10.1. The van der Waals surface area contributed by atoms with Gasteiger partial charge in [-0.3, -0.25) is 0 Å². The summed E-state index contributed by atoms with van der Waals surface area (Å²) in [5.41, 5.74) is 0. The molecule has 0 amide bonds. The van der Waals surface area contributed by atoms with Gasteiger partial charge in [0, 0.05) is 18.2 Å². The van der Waals surface area contributed by atoms with Crippen LogP contribution >= 0.6 is 15.9 Å². The van der Waals surface area contributed by atoms with E-state index in [2.05, 4.69) is 22.9 Å². The Morgan fingerprint density at radius 3 is 1.47 bits per heavy atom. The summed E-state index contributed by atoms with van der Waals surface area (Å²) in [6.07, 6.45) is 16.2. The first-order chi connectivity index (χ1) is 9.33. The first kappa shape index (κ1) is 21.1. The van der Waals surface area contributed by atoms with Crippen molar-refractivity contribution in [1.29, 1.82) is 0 Å². The molecule has 114 valence electrons. The van der Waals surface area contributed by atoms with Crippen molar-refractivity contribution in [3.05, 3.63) is 0 Å². The van der Waals surface area contributed by atoms with Crippen LogP contribution in [0.3, 0.4) is 0 Å². The Hall–Kier alpha value is -0.180. The zero-order chi connectivity index (χ0) is 14.6. The zero-order valence-corrected chi connectivity index (χ0v) is 14.1. The maximum absolute atomic E-state index is 9.56. The quantitative estimate of drug-likeness (QED) is 0.254. The molecule has 0 heterocycles. The summed E-state index contributed by atoms with van der Waals surface area (Å²) >= 11 is 3.45. The second-order valence-corrected chi connectivity index (χ2v) is 5.57. The van der Waals surface area contributed by atoms with Crippen LogP contribution in [0.25, 0.3) is 0 Å². The molecule has 0 atom stereocenters. The van der Waals surface area contributed by atoms with Gasteiger partial charge in [-0.1, -0.05) is 74.2 Å². The Balaban J connectivity index is 0. The highest BCUT2D eigenvalue weighted by Crippen LogP contribution is 2.09. The normalized spacial score (nSPS) is 9.58. The lowest BCUT2D eigenvalue weighted by Crippen LogP contribution is -1.81. The molecule has 0 radical (unpaired) electrons. The highest BCUT2D eigenvalue weighted by molar-refractivity contribution is 9.09. The van der Waals surface area contributed by atoms with E-state index in [1.807, 2.05) is 0 Å². The summed E-state index contributed by atoms with van der Waals surface area (Å²) in [4.78, 5) is 19.1. The van der Waals surface area contributed by atoms with Crippen LogP contribution in [0.4, 0.5) is 0 Å². The highest BCUT2D eigenvalue weighted by atomic mass is 79.9. The van der Waals surface area contributed by atoms with Crippen LogP contribution in [0.1, 0.15) is 84.0 Å². The number of halogens is 1. The molecule has 2 nitrogen and oxygen atoms in total. The molecule has 0 aliphatic carbocycles. The van der Waals surface area contributed by atoms with Gasteiger partial charge in [-0.15, -0.1) is 0 Å². The topological polar surface area (TPSA) is 34.1 Å². The minimum absolute atomic E-state index is 0.513. The number of alkyl halides is 1. The number of hydrogen-bond donors (Lipinski definition) is 0. The molecule has 0 aromatic rings. The van der Waals surface area contributed by atoms with Gasteiger partial charge in [-0.25, -0.2) is 0 Å². The second-order valence-electron chi connectivity index (χ2n) is 4.78. The Morgan fingerprint density at radius 2 is 1.11 bits per heavy atom. The van der Waals surface area contributed by atoms with E-state index in [1.54, 1.807) is 0 Å². The van der Waals surface area contributed by atoms with E-state index in [9.17, 15) is 9.59 Å². The maximum Gasteiger partial charge on any atom is 0.120 e. The van der Waals surface area contributed by atoms with Crippen LogP contribution < -0.4 is 0 Å². The van der Waals surface area contributed by atoms with Crippen molar-refractivity contribution in [2.45, 2.75) is 84.0 Å². The molecule has 0 bridgehead atoms. The number of unbranched alkanes of at least 4 members (excludes halogenated alkanes) is 10. The van der Waals surface area contributed by atoms with Gasteiger partial charge < -0.3 is 9.59 Å². The minimum Gasteiger partial charge on any atom is -0.303 e. The number of rotatable bonds is 13. The van der Waals surface area contributed by atoms with Crippen molar-refractivity contribution in [3.63, 3.8) is 0 Å². The fraction of sp³-hybridized carbons (Fsp3) is 0.875. The molecule has 0 rings (SSSR count). The Labute approximate surface area is 127 Å². The third-order valence-electron chi connectivity index (χ3n) is 2.88. The molecule has 0 aromatic heterocycles. The third kappa shape index (κ3) is 27.1. The summed E-state index contributed by atoms with van der Waals surface area (Å²) in [5.74, 6) is 0. The molecule has 0 saturated heterocycles. The molecule has 0 saturated carbocycles. The van der Waals surface area contributed by atoms with Crippen molar-refractivity contribution in [1.82, 2.24) is 0 Å². The molecule has 0 spiro atoms. The smallest absolute Gasteiger partial charge is 0.120 e. The SMILES string of the molecule is CCCCCCCCCCCBr.O=CCCCC=O. The van der Waals surface area contributed by atoms with Gasteiger partial charge >= 0.3 is 0 Å². The average molecular weight is 335 g/mol. The number of carbonyl (C=O) groups excluding carboxylic acids is 2. The van der Waals surface area contributed by atoms with Gasteiger partial charge in [0.2, 0.25) is 0 Å². The Bertz CT molecular complexity index is 154. The molecular weight excluding hydrogens is 304 g/mol. The van der Waals surface area contributed by atoms with Crippen molar-refractivity contribution in [2.24, 2.45) is 0 Å². The van der Waals surface area contributed by atoms with Crippen LogP contribution in [0, 0.1) is 0 Å². The number of hydrogen-bond acceptors (Lipinski definition) is 2. The lowest BCUT2D eigenvalue weighted by Gasteiger charge is -1.99. The molecule has 0 aliphatic heterocycles. The summed E-state index contributed by atoms with van der Waals surface area (Å²) in [7, 11) is 0. The van der Waals surface area contributed by atoms with Gasteiger partial charge in [0.15, 0.2) is 0 Å². The maximum atomic E-state index is 9.56. The first-order valence-corrected chi connectivity index (χ1v) is 8.88. The van der Waals surface area contributed by atoms with Gasteiger partial charge in [0.1, 0.15) is 12.6 Å². The van der Waals surface area contributed by atoms with Crippen molar-refractivity contribution in [2.75, 3.05) is 5.33 Å². The molecule has 3 heteroatoms. The summed E-state index contributed by atoms with van der Waals surface area (Å²) in [6, 6.07) is 0. The van der Waals surface area contributed by atoms with Crippen molar-refractivity contribution < 1.29 is 9.59 Å². The summed E-state index contributed by atoms with van der Waals surface area (Å²) in [6.45, 7) is 2.27. The standard InChI is InChI=1S/C11H23Br.C5H8O2/c1-2-3-4-5-6-7-8-9-10-11-12;6-4-2-1-3-5-7/h2-11H2,1H3;4-5H,1-3H2. The third-order valence-corrected chi connectivity index (χ3v) is 3.44. The van der Waals surface area contributed by atoms with E-state index in [0.717, 1.165) is 12.6 Å². The monoisotopic (exact) mass is 334 g/mol. The van der Waals surface area contributed by atoms with Crippen LogP contribution in [-0.2, 0) is 9.59 Å². The summed E-state index contributed by atoms with van der Waals surface area (Å²) < 4.78 is 0. The van der Waals surface area contributed by atoms with Crippen LogP contribution in [-0.4, -0.2) is 17.9 Å². The van der Waals surface area contributed by atoms with E-state index in [4.69, 9.17) is 0 Å². The largest absolute Gasteiger partial charge is 0.303 e. The lowest BCUT2D eigenvalue weighted by molar-refractivity contribution is -0.108. The molecule has 0 aliphatic rings. The number of aldehydes is 2. The van der Waals surface area contributed by atoms with Gasteiger partial charge in [-0.05, 0) is 12.8 Å². The van der Waals surface area contributed by atoms with E-state index in [0.29, 0.717) is 19.3 Å². The summed E-state index contributed by atoms with van der Waals surface area (Å²) in [5, 5.41) is 1.18. The van der Waals surface area contributed by atoms with E-state index in [-0.39, 0.29) is 0 Å². The number of carbonyl (C=O) groups is 2. The zero-order valence-electron chi connectivity index (χ0n) is 12.5. The van der Waals surface area contributed by atoms with E-state index < -0.39 is 0 Å². The van der Waals surface area contributed by atoms with Crippen molar-refractivity contribution in [3.8, 4) is 0 Å². The van der Waals surface area contributed by atoms with Gasteiger partial charge in [0.25, 0.3) is 0 Å². The van der Waals surface area contributed by atoms with E-state index >= 15 is 0 Å². The average Bonchev–Trinajstić information content (AvgIpc) is 2.43. The Morgan fingerprint density at radius 1 is 0.684 bits per heavy atom. The Kier molecular flexibility index (Phi) is 25.5. The predicted molar refractivity (Wildman–Crippen MR) is 87.0 cm³/mol. The minimum atomic E-state index is 0.513. The highest BCUT2D eigenvalue weighted by Gasteiger charge is 1.90. The molecule has 0 N–H and O–H groups in total. The molecule has 0 aromatic carbocycles. The molecule has 0 fully saturated rings. The van der Waals surface area contributed by atoms with Crippen molar-refractivity contribution >= 4 is 28.5 Å². The van der Waals surface area contributed by atoms with Crippen LogP contribution in [0.2, 0.25) is 0 Å². The fourth-order valence-corrected chi connectivity index (χ4v) is 2.09.